The van der Waals surface area contributed by atoms with Crippen molar-refractivity contribution in [2.24, 2.45) is 0 Å². The molecule has 1 amide bonds. The molecule has 0 spiro atoms. The maximum absolute atomic E-state index is 12.9. The predicted octanol–water partition coefficient (Wildman–Crippen LogP) is 6.75. The molecule has 0 radical (unpaired) electrons. The van der Waals surface area contributed by atoms with Crippen LogP contribution in [0, 0.1) is 0 Å². The van der Waals surface area contributed by atoms with Crippen LogP contribution in [0.2, 0.25) is 0 Å². The third-order valence-electron chi connectivity index (χ3n) is 4.92. The van der Waals surface area contributed by atoms with Crippen LogP contribution in [-0.2, 0) is 0 Å². The number of carbonyl (C=O) groups excluding carboxylic acids is 1. The number of rotatable bonds is 9. The minimum absolute atomic E-state index is 0.0227. The Bertz CT molecular complexity index is 922. The molecule has 1 N–H and O–H groups in total. The summed E-state index contributed by atoms with van der Waals surface area (Å²) in [5.74, 6) is -0.0227. The first kappa shape index (κ1) is 20.5. The Kier molecular flexibility index (Phi) is 7.61. The van der Waals surface area contributed by atoms with Gasteiger partial charge in [-0.05, 0) is 30.7 Å². The first-order valence-corrected chi connectivity index (χ1v) is 10.9. The van der Waals surface area contributed by atoms with Gasteiger partial charge in [-0.2, -0.15) is 0 Å². The van der Waals surface area contributed by atoms with E-state index in [-0.39, 0.29) is 5.91 Å². The molecule has 0 aliphatic heterocycles. The van der Waals surface area contributed by atoms with Gasteiger partial charge in [0.05, 0.1) is 16.8 Å². The summed E-state index contributed by atoms with van der Waals surface area (Å²) in [6.45, 7) is 2.94. The van der Waals surface area contributed by atoms with Gasteiger partial charge in [-0.3, -0.25) is 4.79 Å². The molecule has 0 aliphatic carbocycles. The van der Waals surface area contributed by atoms with Gasteiger partial charge < -0.3 is 5.32 Å². The standard InChI is InChI=1S/C24H27BrN2O/c1-2-3-4-5-6-9-16-26-24(28)21-17-23(18-12-14-19(25)15-13-18)27-22-11-8-7-10-20(21)22/h7-8,10-15,17H,2-6,9,16H2,1H3,(H,26,28). The number of para-hydroxylation sites is 1. The summed E-state index contributed by atoms with van der Waals surface area (Å²) < 4.78 is 1.02. The molecule has 3 nitrogen and oxygen atoms in total. The van der Waals surface area contributed by atoms with E-state index in [4.69, 9.17) is 4.98 Å². The zero-order valence-electron chi connectivity index (χ0n) is 16.4. The number of nitrogens with zero attached hydrogens (tertiary/aromatic N) is 1. The van der Waals surface area contributed by atoms with Crippen molar-refractivity contribution in [2.45, 2.75) is 45.4 Å². The molecule has 0 unspecified atom stereocenters. The largest absolute Gasteiger partial charge is 0.352 e. The van der Waals surface area contributed by atoms with E-state index in [2.05, 4.69) is 28.2 Å². The number of halogens is 1. The monoisotopic (exact) mass is 438 g/mol. The zero-order valence-corrected chi connectivity index (χ0v) is 18.0. The second-order valence-electron chi connectivity index (χ2n) is 7.10. The molecule has 0 bridgehead atoms. The van der Waals surface area contributed by atoms with Crippen LogP contribution in [0.1, 0.15) is 55.8 Å². The fraction of sp³-hybridized carbons (Fsp3) is 0.333. The first-order valence-electron chi connectivity index (χ1n) is 10.1. The Labute approximate surface area is 175 Å². The Balaban J connectivity index is 1.75. The van der Waals surface area contributed by atoms with Crippen molar-refractivity contribution in [3.63, 3.8) is 0 Å². The first-order chi connectivity index (χ1) is 13.7. The number of hydrogen-bond donors (Lipinski definition) is 1. The highest BCUT2D eigenvalue weighted by atomic mass is 79.9. The van der Waals surface area contributed by atoms with Gasteiger partial charge in [-0.1, -0.05) is 85.3 Å². The van der Waals surface area contributed by atoms with Crippen molar-refractivity contribution >= 4 is 32.7 Å². The SMILES string of the molecule is CCCCCCCCNC(=O)c1cc(-c2ccc(Br)cc2)nc2ccccc12. The van der Waals surface area contributed by atoms with Gasteiger partial charge in [-0.25, -0.2) is 4.98 Å². The summed E-state index contributed by atoms with van der Waals surface area (Å²) in [5.41, 5.74) is 3.34. The molecule has 0 atom stereocenters. The summed E-state index contributed by atoms with van der Waals surface area (Å²) in [6, 6.07) is 17.7. The second-order valence-corrected chi connectivity index (χ2v) is 8.02. The lowest BCUT2D eigenvalue weighted by Crippen LogP contribution is -2.24. The van der Waals surface area contributed by atoms with Gasteiger partial charge in [-0.15, -0.1) is 0 Å². The molecule has 1 aromatic heterocycles. The number of fused-ring (bicyclic) bond motifs is 1. The maximum atomic E-state index is 12.9. The van der Waals surface area contributed by atoms with Crippen LogP contribution in [0.25, 0.3) is 22.2 Å². The number of aromatic nitrogens is 1. The highest BCUT2D eigenvalue weighted by molar-refractivity contribution is 9.10. The number of unbranched alkanes of at least 4 members (excludes halogenated alkanes) is 5. The van der Waals surface area contributed by atoms with Gasteiger partial charge in [0.25, 0.3) is 5.91 Å². The average molecular weight is 439 g/mol. The van der Waals surface area contributed by atoms with Crippen molar-refractivity contribution in [2.75, 3.05) is 6.54 Å². The summed E-state index contributed by atoms with van der Waals surface area (Å²) >= 11 is 3.47. The molecule has 3 rings (SSSR count). The average Bonchev–Trinajstić information content (AvgIpc) is 2.72. The third-order valence-corrected chi connectivity index (χ3v) is 5.45. The quantitative estimate of drug-likeness (QED) is 0.375. The Morgan fingerprint density at radius 2 is 1.68 bits per heavy atom. The number of pyridine rings is 1. The number of nitrogens with one attached hydrogen (secondary N) is 1. The van der Waals surface area contributed by atoms with Crippen LogP contribution in [-0.4, -0.2) is 17.4 Å². The predicted molar refractivity (Wildman–Crippen MR) is 121 cm³/mol. The van der Waals surface area contributed by atoms with Crippen molar-refractivity contribution in [3.05, 3.63) is 64.6 Å². The third kappa shape index (κ3) is 5.41. The van der Waals surface area contributed by atoms with E-state index >= 15 is 0 Å². The molecule has 0 saturated heterocycles. The number of amides is 1. The molecule has 4 heteroatoms. The molecular weight excluding hydrogens is 412 g/mol. The molecule has 2 aromatic carbocycles. The van der Waals surface area contributed by atoms with E-state index in [1.807, 2.05) is 54.6 Å². The van der Waals surface area contributed by atoms with Crippen LogP contribution >= 0.6 is 15.9 Å². The van der Waals surface area contributed by atoms with Gasteiger partial charge in [0.2, 0.25) is 0 Å². The summed E-state index contributed by atoms with van der Waals surface area (Å²) in [7, 11) is 0. The van der Waals surface area contributed by atoms with E-state index in [9.17, 15) is 4.79 Å². The van der Waals surface area contributed by atoms with Crippen LogP contribution in [0.3, 0.4) is 0 Å². The van der Waals surface area contributed by atoms with Crippen LogP contribution < -0.4 is 5.32 Å². The van der Waals surface area contributed by atoms with E-state index in [0.29, 0.717) is 5.56 Å². The van der Waals surface area contributed by atoms with Crippen molar-refractivity contribution in [1.29, 1.82) is 0 Å². The fourth-order valence-corrected chi connectivity index (χ4v) is 3.60. The maximum Gasteiger partial charge on any atom is 0.252 e. The van der Waals surface area contributed by atoms with Crippen molar-refractivity contribution in [1.82, 2.24) is 10.3 Å². The molecule has 146 valence electrons. The lowest BCUT2D eigenvalue weighted by Gasteiger charge is -2.11. The second kappa shape index (κ2) is 10.4. The topological polar surface area (TPSA) is 42.0 Å². The number of hydrogen-bond acceptors (Lipinski definition) is 2. The number of carbonyl (C=O) groups is 1. The molecule has 28 heavy (non-hydrogen) atoms. The molecule has 0 saturated carbocycles. The van der Waals surface area contributed by atoms with Gasteiger partial charge in [0.1, 0.15) is 0 Å². The van der Waals surface area contributed by atoms with Crippen LogP contribution in [0.5, 0.6) is 0 Å². The Morgan fingerprint density at radius 1 is 0.964 bits per heavy atom. The normalized spacial score (nSPS) is 10.9. The molecule has 3 aromatic rings. The van der Waals surface area contributed by atoms with Crippen LogP contribution in [0.4, 0.5) is 0 Å². The lowest BCUT2D eigenvalue weighted by molar-refractivity contribution is 0.0954. The van der Waals surface area contributed by atoms with E-state index in [1.165, 1.54) is 32.1 Å². The highest BCUT2D eigenvalue weighted by Crippen LogP contribution is 2.26. The van der Waals surface area contributed by atoms with Gasteiger partial charge in [0, 0.05) is 22.0 Å². The Hall–Kier alpha value is -2.20. The minimum Gasteiger partial charge on any atom is -0.352 e. The summed E-state index contributed by atoms with van der Waals surface area (Å²) in [5, 5.41) is 3.99. The van der Waals surface area contributed by atoms with Crippen LogP contribution in [0.15, 0.2) is 59.1 Å². The molecular formula is C24H27BrN2O. The van der Waals surface area contributed by atoms with Gasteiger partial charge in [0.15, 0.2) is 0 Å². The smallest absolute Gasteiger partial charge is 0.252 e. The fourth-order valence-electron chi connectivity index (χ4n) is 3.33. The highest BCUT2D eigenvalue weighted by Gasteiger charge is 2.13. The molecule has 0 aliphatic rings. The van der Waals surface area contributed by atoms with E-state index in [0.717, 1.165) is 39.6 Å². The molecule has 0 fully saturated rings. The van der Waals surface area contributed by atoms with E-state index < -0.39 is 0 Å². The zero-order chi connectivity index (χ0) is 19.8. The van der Waals surface area contributed by atoms with Gasteiger partial charge >= 0.3 is 0 Å². The van der Waals surface area contributed by atoms with Crippen molar-refractivity contribution in [3.8, 4) is 11.3 Å². The minimum atomic E-state index is -0.0227. The summed E-state index contributed by atoms with van der Waals surface area (Å²) in [6.07, 6.45) is 7.28. The Morgan fingerprint density at radius 3 is 2.46 bits per heavy atom. The molecule has 1 heterocycles. The summed E-state index contributed by atoms with van der Waals surface area (Å²) in [4.78, 5) is 17.6. The lowest BCUT2D eigenvalue weighted by atomic mass is 10.0. The van der Waals surface area contributed by atoms with Crippen molar-refractivity contribution < 1.29 is 4.79 Å². The number of benzene rings is 2. The van der Waals surface area contributed by atoms with E-state index in [1.54, 1.807) is 0 Å².